The van der Waals surface area contributed by atoms with Gasteiger partial charge in [0.2, 0.25) is 0 Å². The van der Waals surface area contributed by atoms with Crippen molar-refractivity contribution >= 4 is 11.6 Å². The zero-order valence-electron chi connectivity index (χ0n) is 11.1. The summed E-state index contributed by atoms with van der Waals surface area (Å²) in [7, 11) is 2.03. The van der Waals surface area contributed by atoms with Gasteiger partial charge in [-0.05, 0) is 18.4 Å². The molecule has 0 bridgehead atoms. The van der Waals surface area contributed by atoms with Crippen molar-refractivity contribution in [3.63, 3.8) is 0 Å². The standard InChI is InChI=1S/C15H18N4/c1-19(10-11-5-3-2-4-6-11)14-9-13(16)17-15(18-14)12-7-8-12/h2-6,9,12H,7-8,10H2,1H3,(H2,16,17,18). The van der Waals surface area contributed by atoms with E-state index in [4.69, 9.17) is 5.73 Å². The molecule has 3 rings (SSSR count). The van der Waals surface area contributed by atoms with Gasteiger partial charge in [0.25, 0.3) is 0 Å². The van der Waals surface area contributed by atoms with Gasteiger partial charge in [-0.25, -0.2) is 9.97 Å². The summed E-state index contributed by atoms with van der Waals surface area (Å²) in [6.45, 7) is 0.821. The Kier molecular flexibility index (Phi) is 3.07. The van der Waals surface area contributed by atoms with E-state index in [2.05, 4.69) is 27.0 Å². The minimum absolute atomic E-state index is 0.521. The van der Waals surface area contributed by atoms with E-state index < -0.39 is 0 Å². The van der Waals surface area contributed by atoms with Crippen molar-refractivity contribution in [2.45, 2.75) is 25.3 Å². The zero-order valence-corrected chi connectivity index (χ0v) is 11.1. The van der Waals surface area contributed by atoms with Crippen molar-refractivity contribution in [1.82, 2.24) is 9.97 Å². The van der Waals surface area contributed by atoms with Crippen LogP contribution in [0.1, 0.15) is 30.1 Å². The van der Waals surface area contributed by atoms with Crippen LogP contribution in [0, 0.1) is 0 Å². The molecule has 1 fully saturated rings. The van der Waals surface area contributed by atoms with Crippen LogP contribution in [0.5, 0.6) is 0 Å². The molecule has 1 aliphatic carbocycles. The molecule has 19 heavy (non-hydrogen) atoms. The second kappa shape index (κ2) is 4.88. The number of nitrogen functional groups attached to an aromatic ring is 1. The summed E-state index contributed by atoms with van der Waals surface area (Å²) in [6.07, 6.45) is 2.37. The zero-order chi connectivity index (χ0) is 13.2. The Labute approximate surface area is 113 Å². The van der Waals surface area contributed by atoms with Crippen molar-refractivity contribution in [3.8, 4) is 0 Å². The maximum absolute atomic E-state index is 5.88. The summed E-state index contributed by atoms with van der Waals surface area (Å²) in [6, 6.07) is 12.2. The predicted molar refractivity (Wildman–Crippen MR) is 77.0 cm³/mol. The first-order chi connectivity index (χ1) is 9.22. The number of hydrogen-bond donors (Lipinski definition) is 1. The molecule has 0 atom stereocenters. The molecule has 0 saturated heterocycles. The Morgan fingerprint density at radius 2 is 1.95 bits per heavy atom. The lowest BCUT2D eigenvalue weighted by molar-refractivity contribution is 0.857. The quantitative estimate of drug-likeness (QED) is 0.911. The second-order valence-corrected chi connectivity index (χ2v) is 5.13. The Morgan fingerprint density at radius 3 is 2.63 bits per heavy atom. The molecule has 2 N–H and O–H groups in total. The van der Waals surface area contributed by atoms with Crippen molar-refractivity contribution in [2.75, 3.05) is 17.7 Å². The van der Waals surface area contributed by atoms with Gasteiger partial charge in [-0.2, -0.15) is 0 Å². The van der Waals surface area contributed by atoms with E-state index in [-0.39, 0.29) is 0 Å². The lowest BCUT2D eigenvalue weighted by atomic mass is 10.2. The van der Waals surface area contributed by atoms with Gasteiger partial charge in [0.05, 0.1) is 0 Å². The summed E-state index contributed by atoms with van der Waals surface area (Å²) < 4.78 is 0. The molecule has 1 aromatic heterocycles. The van der Waals surface area contributed by atoms with E-state index >= 15 is 0 Å². The van der Waals surface area contributed by atoms with Crippen LogP contribution in [-0.2, 0) is 6.54 Å². The van der Waals surface area contributed by atoms with Crippen LogP contribution in [0.4, 0.5) is 11.6 Å². The largest absolute Gasteiger partial charge is 0.384 e. The highest BCUT2D eigenvalue weighted by molar-refractivity contribution is 5.47. The van der Waals surface area contributed by atoms with Gasteiger partial charge in [0.1, 0.15) is 17.5 Å². The first kappa shape index (κ1) is 12.0. The van der Waals surface area contributed by atoms with E-state index in [1.54, 1.807) is 0 Å². The molecule has 1 aromatic carbocycles. The van der Waals surface area contributed by atoms with Crippen molar-refractivity contribution < 1.29 is 0 Å². The van der Waals surface area contributed by atoms with Gasteiger partial charge in [-0.1, -0.05) is 30.3 Å². The number of anilines is 2. The minimum Gasteiger partial charge on any atom is -0.384 e. The molecule has 0 aliphatic heterocycles. The maximum atomic E-state index is 5.88. The Morgan fingerprint density at radius 1 is 1.21 bits per heavy atom. The van der Waals surface area contributed by atoms with Crippen LogP contribution in [0.3, 0.4) is 0 Å². The Hall–Kier alpha value is -2.10. The Bertz CT molecular complexity index is 564. The fourth-order valence-corrected chi connectivity index (χ4v) is 2.13. The smallest absolute Gasteiger partial charge is 0.136 e. The molecule has 0 unspecified atom stereocenters. The lowest BCUT2D eigenvalue weighted by Crippen LogP contribution is -2.19. The summed E-state index contributed by atoms with van der Waals surface area (Å²) in [5.41, 5.74) is 7.14. The molecule has 98 valence electrons. The van der Waals surface area contributed by atoms with Crippen LogP contribution in [0.2, 0.25) is 0 Å². The third-order valence-corrected chi connectivity index (χ3v) is 3.35. The second-order valence-electron chi connectivity index (χ2n) is 5.13. The fraction of sp³-hybridized carbons (Fsp3) is 0.333. The third kappa shape index (κ3) is 2.84. The number of benzene rings is 1. The first-order valence-electron chi connectivity index (χ1n) is 6.62. The average Bonchev–Trinajstić information content (AvgIpc) is 3.23. The van der Waals surface area contributed by atoms with Crippen LogP contribution in [0.15, 0.2) is 36.4 Å². The molecule has 1 heterocycles. The van der Waals surface area contributed by atoms with E-state index in [0.29, 0.717) is 11.7 Å². The molecule has 1 aliphatic rings. The van der Waals surface area contributed by atoms with E-state index in [9.17, 15) is 0 Å². The molecule has 1 saturated carbocycles. The van der Waals surface area contributed by atoms with E-state index in [0.717, 1.165) is 18.2 Å². The summed E-state index contributed by atoms with van der Waals surface area (Å²) in [4.78, 5) is 11.1. The van der Waals surface area contributed by atoms with Crippen molar-refractivity contribution in [2.24, 2.45) is 0 Å². The summed E-state index contributed by atoms with van der Waals surface area (Å²) >= 11 is 0. The Balaban J connectivity index is 1.81. The molecule has 0 radical (unpaired) electrons. The van der Waals surface area contributed by atoms with Crippen molar-refractivity contribution in [1.29, 1.82) is 0 Å². The monoisotopic (exact) mass is 254 g/mol. The molecule has 4 heteroatoms. The highest BCUT2D eigenvalue weighted by atomic mass is 15.2. The topological polar surface area (TPSA) is 55.0 Å². The predicted octanol–water partition coefficient (Wildman–Crippen LogP) is 2.57. The number of hydrogen-bond acceptors (Lipinski definition) is 4. The van der Waals surface area contributed by atoms with Gasteiger partial charge < -0.3 is 10.6 Å². The minimum atomic E-state index is 0.521. The van der Waals surface area contributed by atoms with E-state index in [1.165, 1.54) is 18.4 Å². The third-order valence-electron chi connectivity index (χ3n) is 3.35. The highest BCUT2D eigenvalue weighted by Crippen LogP contribution is 2.38. The number of rotatable bonds is 4. The molecular weight excluding hydrogens is 236 g/mol. The highest BCUT2D eigenvalue weighted by Gasteiger charge is 2.27. The molecule has 0 amide bonds. The number of nitrogens with two attached hydrogens (primary N) is 1. The fourth-order valence-electron chi connectivity index (χ4n) is 2.13. The van der Waals surface area contributed by atoms with Gasteiger partial charge in [0, 0.05) is 25.6 Å². The number of aromatic nitrogens is 2. The summed E-state index contributed by atoms with van der Waals surface area (Å²) in [5.74, 6) is 2.88. The van der Waals surface area contributed by atoms with E-state index in [1.807, 2.05) is 31.3 Å². The van der Waals surface area contributed by atoms with Crippen LogP contribution in [0.25, 0.3) is 0 Å². The van der Waals surface area contributed by atoms with Crippen LogP contribution in [-0.4, -0.2) is 17.0 Å². The van der Waals surface area contributed by atoms with Crippen LogP contribution >= 0.6 is 0 Å². The molecule has 0 spiro atoms. The first-order valence-corrected chi connectivity index (χ1v) is 6.62. The molecule has 4 nitrogen and oxygen atoms in total. The van der Waals surface area contributed by atoms with Gasteiger partial charge >= 0.3 is 0 Å². The molecule has 2 aromatic rings. The van der Waals surface area contributed by atoms with Gasteiger partial charge in [0.15, 0.2) is 0 Å². The van der Waals surface area contributed by atoms with Gasteiger partial charge in [-0.15, -0.1) is 0 Å². The lowest BCUT2D eigenvalue weighted by Gasteiger charge is -2.19. The normalized spacial score (nSPS) is 14.4. The SMILES string of the molecule is CN(Cc1ccccc1)c1cc(N)nc(C2CC2)n1. The summed E-state index contributed by atoms with van der Waals surface area (Å²) in [5, 5.41) is 0. The number of nitrogens with zero attached hydrogens (tertiary/aromatic N) is 3. The maximum Gasteiger partial charge on any atom is 0.136 e. The van der Waals surface area contributed by atoms with Crippen molar-refractivity contribution in [3.05, 3.63) is 47.8 Å². The van der Waals surface area contributed by atoms with Gasteiger partial charge in [-0.3, -0.25) is 0 Å². The average molecular weight is 254 g/mol. The van der Waals surface area contributed by atoms with Crippen LogP contribution < -0.4 is 10.6 Å². The molecular formula is C15H18N4.